The highest BCUT2D eigenvalue weighted by Crippen LogP contribution is 2.38. The van der Waals surface area contributed by atoms with Crippen LogP contribution in [0.15, 0.2) is 54.2 Å². The van der Waals surface area contributed by atoms with Crippen molar-refractivity contribution in [1.29, 1.82) is 0 Å². The Morgan fingerprint density at radius 2 is 2.12 bits per heavy atom. The van der Waals surface area contributed by atoms with Crippen molar-refractivity contribution in [1.82, 2.24) is 14.6 Å². The summed E-state index contributed by atoms with van der Waals surface area (Å²) in [5.74, 6) is 0.505. The summed E-state index contributed by atoms with van der Waals surface area (Å²) in [4.78, 5) is 16.5. The van der Waals surface area contributed by atoms with Crippen LogP contribution in [0.2, 0.25) is 0 Å². The molecule has 0 fully saturated rings. The normalized spacial score (nSPS) is 10.9. The van der Waals surface area contributed by atoms with Crippen LogP contribution in [0.1, 0.15) is 6.92 Å². The standard InChI is InChI=1S/C18H14N4O2S/c1-11(23)20-15-10-12(5-6-19-15)16-17(13-3-2-4-14(24)9-13)21-22-7-8-25-18(16)22/h2-10,24H,1H3,(H,19,20,23). The second-order valence-corrected chi connectivity index (χ2v) is 6.43. The van der Waals surface area contributed by atoms with Gasteiger partial charge in [0, 0.05) is 35.8 Å². The minimum absolute atomic E-state index is 0.172. The van der Waals surface area contributed by atoms with Crippen molar-refractivity contribution in [2.45, 2.75) is 6.92 Å². The molecule has 0 aliphatic carbocycles. The molecule has 0 atom stereocenters. The summed E-state index contributed by atoms with van der Waals surface area (Å²) in [6.07, 6.45) is 3.55. The van der Waals surface area contributed by atoms with Gasteiger partial charge in [-0.3, -0.25) is 4.79 Å². The molecule has 4 rings (SSSR count). The van der Waals surface area contributed by atoms with Gasteiger partial charge in [0.05, 0.1) is 0 Å². The van der Waals surface area contributed by atoms with Gasteiger partial charge in [-0.05, 0) is 29.8 Å². The summed E-state index contributed by atoms with van der Waals surface area (Å²) in [5.41, 5.74) is 3.43. The van der Waals surface area contributed by atoms with E-state index < -0.39 is 0 Å². The maximum atomic E-state index is 11.3. The van der Waals surface area contributed by atoms with Crippen LogP contribution < -0.4 is 5.32 Å². The largest absolute Gasteiger partial charge is 0.508 e. The molecule has 2 N–H and O–H groups in total. The molecule has 1 aromatic carbocycles. The summed E-state index contributed by atoms with van der Waals surface area (Å²) in [6, 6.07) is 10.7. The Balaban J connectivity index is 1.93. The van der Waals surface area contributed by atoms with Gasteiger partial charge in [-0.25, -0.2) is 9.50 Å². The van der Waals surface area contributed by atoms with Crippen LogP contribution >= 0.6 is 11.3 Å². The number of aromatic hydroxyl groups is 1. The maximum absolute atomic E-state index is 11.3. The number of amides is 1. The number of thiazole rings is 1. The van der Waals surface area contributed by atoms with Crippen LogP contribution in [0.25, 0.3) is 27.2 Å². The Hall–Kier alpha value is -3.19. The second-order valence-electron chi connectivity index (χ2n) is 5.54. The minimum Gasteiger partial charge on any atom is -0.508 e. The van der Waals surface area contributed by atoms with E-state index in [1.807, 2.05) is 34.3 Å². The quantitative estimate of drug-likeness (QED) is 0.589. The van der Waals surface area contributed by atoms with Gasteiger partial charge in [0.1, 0.15) is 22.1 Å². The van der Waals surface area contributed by atoms with Gasteiger partial charge >= 0.3 is 0 Å². The molecule has 1 amide bonds. The molecule has 6 nitrogen and oxygen atoms in total. The fourth-order valence-electron chi connectivity index (χ4n) is 2.74. The van der Waals surface area contributed by atoms with E-state index in [4.69, 9.17) is 0 Å². The van der Waals surface area contributed by atoms with Gasteiger partial charge in [-0.15, -0.1) is 11.3 Å². The average molecular weight is 350 g/mol. The van der Waals surface area contributed by atoms with E-state index in [-0.39, 0.29) is 11.7 Å². The Labute approximate surface area is 147 Å². The van der Waals surface area contributed by atoms with E-state index in [0.717, 1.165) is 27.2 Å². The zero-order valence-electron chi connectivity index (χ0n) is 13.3. The zero-order valence-corrected chi connectivity index (χ0v) is 14.1. The van der Waals surface area contributed by atoms with Crippen LogP contribution in [0.5, 0.6) is 5.75 Å². The fraction of sp³-hybridized carbons (Fsp3) is 0.0556. The van der Waals surface area contributed by atoms with Gasteiger partial charge in [-0.2, -0.15) is 5.10 Å². The summed E-state index contributed by atoms with van der Waals surface area (Å²) < 4.78 is 1.82. The first kappa shape index (κ1) is 15.3. The number of benzene rings is 1. The number of phenolic OH excluding ortho intramolecular Hbond substituents is 1. The first-order valence-corrected chi connectivity index (χ1v) is 8.49. The zero-order chi connectivity index (χ0) is 17.4. The lowest BCUT2D eigenvalue weighted by Gasteiger charge is -2.06. The van der Waals surface area contributed by atoms with E-state index in [1.165, 1.54) is 6.92 Å². The van der Waals surface area contributed by atoms with Gasteiger partial charge in [0.15, 0.2) is 0 Å². The Morgan fingerprint density at radius 1 is 1.24 bits per heavy atom. The number of carbonyl (C=O) groups is 1. The minimum atomic E-state index is -0.172. The van der Waals surface area contributed by atoms with E-state index in [1.54, 1.807) is 35.7 Å². The number of fused-ring (bicyclic) bond motifs is 1. The molecule has 0 radical (unpaired) electrons. The van der Waals surface area contributed by atoms with E-state index in [2.05, 4.69) is 15.4 Å². The fourth-order valence-corrected chi connectivity index (χ4v) is 3.58. The number of aromatic nitrogens is 3. The summed E-state index contributed by atoms with van der Waals surface area (Å²) in [6.45, 7) is 1.45. The Morgan fingerprint density at radius 3 is 2.92 bits per heavy atom. The monoisotopic (exact) mass is 350 g/mol. The maximum Gasteiger partial charge on any atom is 0.222 e. The summed E-state index contributed by atoms with van der Waals surface area (Å²) >= 11 is 1.58. The smallest absolute Gasteiger partial charge is 0.222 e. The summed E-state index contributed by atoms with van der Waals surface area (Å²) in [7, 11) is 0. The first-order chi connectivity index (χ1) is 12.1. The third-order valence-corrected chi connectivity index (χ3v) is 4.59. The second kappa shape index (κ2) is 6.03. The van der Waals surface area contributed by atoms with Crippen LogP contribution in [0.3, 0.4) is 0 Å². The summed E-state index contributed by atoms with van der Waals surface area (Å²) in [5, 5.41) is 19.1. The highest BCUT2D eigenvalue weighted by Gasteiger charge is 2.18. The number of pyridine rings is 1. The molecular weight excluding hydrogens is 336 g/mol. The van der Waals surface area contributed by atoms with E-state index in [9.17, 15) is 9.90 Å². The predicted octanol–water partition coefficient (Wildman–Crippen LogP) is 3.79. The van der Waals surface area contributed by atoms with Crippen molar-refractivity contribution in [3.63, 3.8) is 0 Å². The number of nitrogens with zero attached hydrogens (tertiary/aromatic N) is 3. The molecule has 0 aliphatic rings. The predicted molar refractivity (Wildman–Crippen MR) is 97.7 cm³/mol. The molecule has 3 heterocycles. The van der Waals surface area contributed by atoms with E-state index in [0.29, 0.717) is 5.82 Å². The van der Waals surface area contributed by atoms with Gasteiger partial charge < -0.3 is 10.4 Å². The number of carbonyl (C=O) groups excluding carboxylic acids is 1. The third kappa shape index (κ3) is 2.85. The molecule has 124 valence electrons. The molecule has 0 aliphatic heterocycles. The first-order valence-electron chi connectivity index (χ1n) is 7.61. The Kier molecular flexibility index (Phi) is 3.70. The molecule has 0 bridgehead atoms. The number of phenols is 1. The van der Waals surface area contributed by atoms with Crippen LogP contribution in [0, 0.1) is 0 Å². The number of rotatable bonds is 3. The molecule has 7 heteroatoms. The van der Waals surface area contributed by atoms with Gasteiger partial charge in [0.25, 0.3) is 0 Å². The van der Waals surface area contributed by atoms with Crippen molar-refractivity contribution in [2.24, 2.45) is 0 Å². The van der Waals surface area contributed by atoms with Gasteiger partial charge in [0.2, 0.25) is 5.91 Å². The van der Waals surface area contributed by atoms with Crippen molar-refractivity contribution < 1.29 is 9.90 Å². The van der Waals surface area contributed by atoms with Crippen molar-refractivity contribution in [3.8, 4) is 28.1 Å². The topological polar surface area (TPSA) is 79.5 Å². The molecule has 3 aromatic heterocycles. The van der Waals surface area contributed by atoms with Crippen LogP contribution in [0.4, 0.5) is 5.82 Å². The molecule has 0 saturated carbocycles. The van der Waals surface area contributed by atoms with Crippen LogP contribution in [-0.4, -0.2) is 25.6 Å². The highest BCUT2D eigenvalue weighted by molar-refractivity contribution is 7.16. The van der Waals surface area contributed by atoms with Crippen molar-refractivity contribution in [2.75, 3.05) is 5.32 Å². The average Bonchev–Trinajstić information content (AvgIpc) is 3.15. The van der Waals surface area contributed by atoms with Crippen LogP contribution in [-0.2, 0) is 4.79 Å². The molecule has 0 saturated heterocycles. The SMILES string of the molecule is CC(=O)Nc1cc(-c2c(-c3cccc(O)c3)nn3ccsc23)ccn1. The highest BCUT2D eigenvalue weighted by atomic mass is 32.1. The van der Waals surface area contributed by atoms with Crippen molar-refractivity contribution in [3.05, 3.63) is 54.2 Å². The molecule has 0 unspecified atom stereocenters. The Bertz CT molecular complexity index is 1080. The third-order valence-electron chi connectivity index (χ3n) is 3.72. The lowest BCUT2D eigenvalue weighted by atomic mass is 10.0. The lowest BCUT2D eigenvalue weighted by Crippen LogP contribution is -2.07. The van der Waals surface area contributed by atoms with Crippen molar-refractivity contribution >= 4 is 27.9 Å². The van der Waals surface area contributed by atoms with Gasteiger partial charge in [-0.1, -0.05) is 12.1 Å². The molecule has 25 heavy (non-hydrogen) atoms. The van der Waals surface area contributed by atoms with E-state index >= 15 is 0 Å². The number of hydrogen-bond acceptors (Lipinski definition) is 5. The number of anilines is 1. The molecular formula is C18H14N4O2S. The molecule has 4 aromatic rings. The molecule has 0 spiro atoms. The number of nitrogens with one attached hydrogen (secondary N) is 1. The lowest BCUT2D eigenvalue weighted by molar-refractivity contribution is -0.114. The number of hydrogen-bond donors (Lipinski definition) is 2.